The van der Waals surface area contributed by atoms with E-state index in [1.165, 1.54) is 36.8 Å². The number of pyridine rings is 1. The van der Waals surface area contributed by atoms with Gasteiger partial charge in [-0.3, -0.25) is 9.59 Å². The summed E-state index contributed by atoms with van der Waals surface area (Å²) in [6.45, 7) is 0.592. The van der Waals surface area contributed by atoms with Crippen LogP contribution in [0.2, 0.25) is 15.1 Å². The van der Waals surface area contributed by atoms with Gasteiger partial charge < -0.3 is 20.3 Å². The standard InChI is InChI=1S/C21H19Cl3N4O3S/c1-28(2)9-11-10-32-19(17(11)24)21(30)27-18-14(6-13(23)7-15(18)31-3)20(29)26-16-5-4-12(22)8-25-16/h4-8,10H,9H2,1-3H3,(H,27,30)(H,25,26,29). The molecule has 2 amide bonds. The average Bonchev–Trinajstić information content (AvgIpc) is 3.10. The minimum absolute atomic E-state index is 0.0978. The number of halogens is 3. The normalized spacial score (nSPS) is 10.8. The first kappa shape index (κ1) is 24.3. The van der Waals surface area contributed by atoms with Crippen molar-refractivity contribution >= 4 is 69.5 Å². The molecule has 0 bridgehead atoms. The lowest BCUT2D eigenvalue weighted by Crippen LogP contribution is -2.19. The van der Waals surface area contributed by atoms with Crippen LogP contribution in [0, 0.1) is 0 Å². The van der Waals surface area contributed by atoms with Crippen LogP contribution in [-0.4, -0.2) is 42.9 Å². The van der Waals surface area contributed by atoms with Crippen LogP contribution in [0.15, 0.2) is 35.8 Å². The number of carbonyl (C=O) groups is 2. The molecule has 7 nitrogen and oxygen atoms in total. The summed E-state index contributed by atoms with van der Waals surface area (Å²) >= 11 is 19.7. The Hall–Kier alpha value is -2.36. The Morgan fingerprint density at radius 1 is 1.09 bits per heavy atom. The zero-order valence-corrected chi connectivity index (χ0v) is 20.4. The first-order chi connectivity index (χ1) is 15.2. The molecule has 32 heavy (non-hydrogen) atoms. The highest BCUT2D eigenvalue weighted by molar-refractivity contribution is 7.13. The van der Waals surface area contributed by atoms with Crippen molar-refractivity contribution < 1.29 is 14.3 Å². The number of nitrogens with one attached hydrogen (secondary N) is 2. The van der Waals surface area contributed by atoms with Gasteiger partial charge in [-0.2, -0.15) is 0 Å². The molecule has 3 rings (SSSR count). The second kappa shape index (κ2) is 10.5. The summed E-state index contributed by atoms with van der Waals surface area (Å²) in [5.41, 5.74) is 1.09. The molecule has 11 heteroatoms. The average molecular weight is 514 g/mol. The molecule has 0 saturated carbocycles. The van der Waals surface area contributed by atoms with Gasteiger partial charge in [0.1, 0.15) is 16.4 Å². The maximum absolute atomic E-state index is 13.0. The fourth-order valence-electron chi connectivity index (χ4n) is 2.83. The number of carbonyl (C=O) groups excluding carboxylic acids is 2. The van der Waals surface area contributed by atoms with E-state index >= 15 is 0 Å². The van der Waals surface area contributed by atoms with E-state index < -0.39 is 11.8 Å². The van der Waals surface area contributed by atoms with Crippen LogP contribution < -0.4 is 15.4 Å². The summed E-state index contributed by atoms with van der Waals surface area (Å²) in [4.78, 5) is 32.3. The van der Waals surface area contributed by atoms with E-state index in [1.807, 2.05) is 24.4 Å². The quantitative estimate of drug-likeness (QED) is 0.425. The number of nitrogens with zero attached hydrogens (tertiary/aromatic N) is 2. The van der Waals surface area contributed by atoms with Crippen molar-refractivity contribution in [1.29, 1.82) is 0 Å². The van der Waals surface area contributed by atoms with Gasteiger partial charge in [-0.05, 0) is 43.2 Å². The van der Waals surface area contributed by atoms with Crippen molar-refractivity contribution in [2.24, 2.45) is 0 Å². The van der Waals surface area contributed by atoms with Crippen molar-refractivity contribution in [3.63, 3.8) is 0 Å². The number of benzene rings is 1. The Bertz CT molecular complexity index is 1150. The van der Waals surface area contributed by atoms with Crippen LogP contribution in [0.4, 0.5) is 11.5 Å². The molecule has 0 aliphatic rings. The molecule has 1 aromatic carbocycles. The van der Waals surface area contributed by atoms with Crippen LogP contribution in [0.3, 0.4) is 0 Å². The van der Waals surface area contributed by atoms with Crippen LogP contribution in [0.1, 0.15) is 25.6 Å². The van der Waals surface area contributed by atoms with Crippen molar-refractivity contribution in [3.8, 4) is 5.75 Å². The van der Waals surface area contributed by atoms with Gasteiger partial charge in [0.25, 0.3) is 11.8 Å². The van der Waals surface area contributed by atoms with E-state index in [0.29, 0.717) is 21.5 Å². The second-order valence-corrected chi connectivity index (χ2v) is 9.07. The summed E-state index contributed by atoms with van der Waals surface area (Å²) in [6.07, 6.45) is 1.41. The molecule has 0 unspecified atom stereocenters. The van der Waals surface area contributed by atoms with Crippen molar-refractivity contribution in [1.82, 2.24) is 9.88 Å². The number of rotatable bonds is 7. The molecule has 0 aliphatic carbocycles. The molecule has 0 saturated heterocycles. The van der Waals surface area contributed by atoms with Crippen LogP contribution >= 0.6 is 46.1 Å². The molecular weight excluding hydrogens is 495 g/mol. The lowest BCUT2D eigenvalue weighted by molar-refractivity contribution is 0.102. The van der Waals surface area contributed by atoms with Gasteiger partial charge in [0.15, 0.2) is 0 Å². The molecule has 2 heterocycles. The lowest BCUT2D eigenvalue weighted by atomic mass is 10.1. The van der Waals surface area contributed by atoms with Gasteiger partial charge in [0.05, 0.1) is 28.4 Å². The highest BCUT2D eigenvalue weighted by Gasteiger charge is 2.23. The van der Waals surface area contributed by atoms with Crippen LogP contribution in [0.5, 0.6) is 5.75 Å². The third-order valence-corrected chi connectivity index (χ3v) is 6.25. The number of hydrogen-bond donors (Lipinski definition) is 2. The minimum Gasteiger partial charge on any atom is -0.494 e. The van der Waals surface area contributed by atoms with Crippen molar-refractivity contribution in [2.45, 2.75) is 6.54 Å². The van der Waals surface area contributed by atoms with E-state index in [2.05, 4.69) is 15.6 Å². The Morgan fingerprint density at radius 2 is 1.84 bits per heavy atom. The van der Waals surface area contributed by atoms with E-state index in [9.17, 15) is 9.59 Å². The predicted molar refractivity (Wildman–Crippen MR) is 130 cm³/mol. The molecule has 0 fully saturated rings. The van der Waals surface area contributed by atoms with Gasteiger partial charge in [-0.25, -0.2) is 4.98 Å². The van der Waals surface area contributed by atoms with E-state index in [1.54, 1.807) is 12.1 Å². The molecule has 3 aromatic rings. The SMILES string of the molecule is COc1cc(Cl)cc(C(=O)Nc2ccc(Cl)cn2)c1NC(=O)c1scc(CN(C)C)c1Cl. The highest BCUT2D eigenvalue weighted by atomic mass is 35.5. The first-order valence-electron chi connectivity index (χ1n) is 9.22. The third-order valence-electron chi connectivity index (χ3n) is 4.23. The zero-order valence-electron chi connectivity index (χ0n) is 17.3. The number of ether oxygens (including phenoxy) is 1. The van der Waals surface area contributed by atoms with E-state index in [4.69, 9.17) is 39.5 Å². The smallest absolute Gasteiger partial charge is 0.267 e. The molecule has 0 spiro atoms. The molecule has 168 valence electrons. The van der Waals surface area contributed by atoms with Gasteiger partial charge in [0, 0.05) is 23.8 Å². The van der Waals surface area contributed by atoms with E-state index in [-0.39, 0.29) is 27.8 Å². The molecule has 0 atom stereocenters. The fraction of sp³-hybridized carbons (Fsp3) is 0.190. The summed E-state index contributed by atoms with van der Waals surface area (Å²) in [5.74, 6) is -0.503. The predicted octanol–water partition coefficient (Wildman–Crippen LogP) is 5.68. The van der Waals surface area contributed by atoms with Crippen LogP contribution in [0.25, 0.3) is 0 Å². The maximum atomic E-state index is 13.0. The molecule has 0 radical (unpaired) electrons. The summed E-state index contributed by atoms with van der Waals surface area (Å²) in [6, 6.07) is 6.08. The summed E-state index contributed by atoms with van der Waals surface area (Å²) in [5, 5.41) is 8.28. The van der Waals surface area contributed by atoms with Gasteiger partial charge in [0.2, 0.25) is 0 Å². The largest absolute Gasteiger partial charge is 0.494 e. The number of anilines is 2. The maximum Gasteiger partial charge on any atom is 0.267 e. The van der Waals surface area contributed by atoms with Gasteiger partial charge in [-0.1, -0.05) is 34.8 Å². The topological polar surface area (TPSA) is 83.6 Å². The number of thiophene rings is 1. The van der Waals surface area contributed by atoms with E-state index in [0.717, 1.165) is 5.56 Å². The highest BCUT2D eigenvalue weighted by Crippen LogP contribution is 2.35. The lowest BCUT2D eigenvalue weighted by Gasteiger charge is -2.15. The Balaban J connectivity index is 1.93. The summed E-state index contributed by atoms with van der Waals surface area (Å²) in [7, 11) is 5.23. The van der Waals surface area contributed by atoms with Gasteiger partial charge in [-0.15, -0.1) is 11.3 Å². The molecule has 0 aliphatic heterocycles. The number of hydrogen-bond acceptors (Lipinski definition) is 6. The van der Waals surface area contributed by atoms with Crippen molar-refractivity contribution in [2.75, 3.05) is 31.8 Å². The zero-order chi connectivity index (χ0) is 23.4. The molecule has 2 N–H and O–H groups in total. The number of amides is 2. The number of aromatic nitrogens is 1. The first-order valence-corrected chi connectivity index (χ1v) is 11.2. The molecular formula is C21H19Cl3N4O3S. The Morgan fingerprint density at radius 3 is 2.47 bits per heavy atom. The Labute approximate surface area is 204 Å². The number of methoxy groups -OCH3 is 1. The Kier molecular flexibility index (Phi) is 7.97. The fourth-order valence-corrected chi connectivity index (χ4v) is 4.40. The van der Waals surface area contributed by atoms with Gasteiger partial charge >= 0.3 is 0 Å². The molecule has 2 aromatic heterocycles. The second-order valence-electron chi connectivity index (χ2n) is 6.94. The van der Waals surface area contributed by atoms with Crippen LogP contribution in [-0.2, 0) is 6.54 Å². The third kappa shape index (κ3) is 5.70. The summed E-state index contributed by atoms with van der Waals surface area (Å²) < 4.78 is 5.36. The minimum atomic E-state index is -0.540. The monoisotopic (exact) mass is 512 g/mol. The van der Waals surface area contributed by atoms with Crippen molar-refractivity contribution in [3.05, 3.63) is 66.9 Å².